The molecule has 2 N–H and O–H groups in total. The van der Waals surface area contributed by atoms with Gasteiger partial charge in [-0.25, -0.2) is 13.3 Å². The highest BCUT2D eigenvalue weighted by atomic mass is 32.1. The molecule has 0 radical (unpaired) electrons. The summed E-state index contributed by atoms with van der Waals surface area (Å²) in [5.74, 6) is 0. The molecule has 5 nitrogen and oxygen atoms in total. The zero-order chi connectivity index (χ0) is 13.8. The van der Waals surface area contributed by atoms with Crippen molar-refractivity contribution in [2.24, 2.45) is 5.73 Å². The fourth-order valence-electron chi connectivity index (χ4n) is 1.84. The summed E-state index contributed by atoms with van der Waals surface area (Å²) < 4.78 is 2.79. The van der Waals surface area contributed by atoms with Gasteiger partial charge >= 0.3 is 10.6 Å². The van der Waals surface area contributed by atoms with Crippen molar-refractivity contribution in [2.45, 2.75) is 33.0 Å². The number of aromatic nitrogens is 2. The van der Waals surface area contributed by atoms with Crippen molar-refractivity contribution in [2.75, 3.05) is 0 Å². The second-order valence-electron chi connectivity index (χ2n) is 4.35. The molecule has 1 aromatic heterocycles. The highest BCUT2D eigenvalue weighted by molar-refractivity contribution is 7.03. The predicted molar refractivity (Wildman–Crippen MR) is 76.6 cm³/mol. The summed E-state index contributed by atoms with van der Waals surface area (Å²) >= 11 is 0.984. The molecule has 19 heavy (non-hydrogen) atoms. The van der Waals surface area contributed by atoms with Crippen molar-refractivity contribution in [1.82, 2.24) is 8.52 Å². The second-order valence-corrected chi connectivity index (χ2v) is 5.32. The molecular formula is C13H17N3O2S. The zero-order valence-electron chi connectivity index (χ0n) is 10.8. The van der Waals surface area contributed by atoms with Gasteiger partial charge in [-0.3, -0.25) is 4.79 Å². The molecule has 102 valence electrons. The Balaban J connectivity index is 2.27. The Morgan fingerprint density at radius 2 is 1.79 bits per heavy atom. The number of hydrogen-bond donors (Lipinski definition) is 1. The van der Waals surface area contributed by atoms with Gasteiger partial charge in [-0.15, -0.1) is 0 Å². The van der Waals surface area contributed by atoms with Gasteiger partial charge in [-0.05, 0) is 17.5 Å². The first-order valence-electron chi connectivity index (χ1n) is 6.24. The molecule has 0 spiro atoms. The number of hydrogen-bond acceptors (Lipinski definition) is 4. The summed E-state index contributed by atoms with van der Waals surface area (Å²) in [6.07, 6.45) is 0.838. The smallest absolute Gasteiger partial charge is 0.326 e. The maximum atomic E-state index is 12.0. The van der Waals surface area contributed by atoms with Crippen LogP contribution in [0.4, 0.5) is 0 Å². The van der Waals surface area contributed by atoms with E-state index in [0.717, 1.165) is 29.1 Å². The van der Waals surface area contributed by atoms with Crippen molar-refractivity contribution < 1.29 is 0 Å². The first kappa shape index (κ1) is 13.8. The van der Waals surface area contributed by atoms with Gasteiger partial charge < -0.3 is 5.73 Å². The van der Waals surface area contributed by atoms with E-state index in [0.29, 0.717) is 19.6 Å². The highest BCUT2D eigenvalue weighted by Gasteiger charge is 2.09. The predicted octanol–water partition coefficient (Wildman–Crippen LogP) is 0.989. The lowest BCUT2D eigenvalue weighted by molar-refractivity contribution is 0.641. The standard InChI is InChI=1S/C13H17N3O2S/c1-2-7-16-12(17)15(13(18)19-16)9-11-5-3-10(8-14)4-6-11/h3-6H,2,7-9,14H2,1H3. The second kappa shape index (κ2) is 5.99. The maximum Gasteiger partial charge on any atom is 0.341 e. The Labute approximate surface area is 115 Å². The van der Waals surface area contributed by atoms with Crippen LogP contribution < -0.4 is 16.3 Å². The van der Waals surface area contributed by atoms with Crippen molar-refractivity contribution in [1.29, 1.82) is 0 Å². The van der Waals surface area contributed by atoms with Crippen LogP contribution in [0.3, 0.4) is 0 Å². The molecule has 0 amide bonds. The fourth-order valence-corrected chi connectivity index (χ4v) is 2.72. The van der Waals surface area contributed by atoms with Crippen molar-refractivity contribution in [3.05, 3.63) is 55.5 Å². The lowest BCUT2D eigenvalue weighted by atomic mass is 10.1. The molecule has 1 aromatic carbocycles. The summed E-state index contributed by atoms with van der Waals surface area (Å²) in [6, 6.07) is 7.63. The number of aryl methyl sites for hydroxylation is 1. The lowest BCUT2D eigenvalue weighted by Crippen LogP contribution is -2.29. The largest absolute Gasteiger partial charge is 0.341 e. The Morgan fingerprint density at radius 1 is 1.16 bits per heavy atom. The molecule has 0 saturated heterocycles. The maximum absolute atomic E-state index is 12.0. The summed E-state index contributed by atoms with van der Waals surface area (Å²) in [7, 11) is 0. The number of nitrogens with two attached hydrogens (primary N) is 1. The van der Waals surface area contributed by atoms with E-state index in [4.69, 9.17) is 5.73 Å². The average molecular weight is 279 g/mol. The Hall–Kier alpha value is -1.66. The van der Waals surface area contributed by atoms with Crippen LogP contribution in [-0.2, 0) is 19.6 Å². The van der Waals surface area contributed by atoms with E-state index in [2.05, 4.69) is 0 Å². The van der Waals surface area contributed by atoms with E-state index in [1.807, 2.05) is 31.2 Å². The van der Waals surface area contributed by atoms with Crippen molar-refractivity contribution in [3.63, 3.8) is 0 Å². The molecule has 0 unspecified atom stereocenters. The summed E-state index contributed by atoms with van der Waals surface area (Å²) in [6.45, 7) is 3.38. The van der Waals surface area contributed by atoms with Crippen LogP contribution in [0.2, 0.25) is 0 Å². The van der Waals surface area contributed by atoms with Gasteiger partial charge in [-0.2, -0.15) is 0 Å². The molecule has 0 aliphatic heterocycles. The SMILES string of the molecule is CCCn1sc(=O)n(Cc2ccc(CN)cc2)c1=O. The van der Waals surface area contributed by atoms with Crippen LogP contribution >= 0.6 is 11.5 Å². The van der Waals surface area contributed by atoms with Crippen LogP contribution in [0, 0.1) is 0 Å². The van der Waals surface area contributed by atoms with Gasteiger partial charge in [-0.1, -0.05) is 31.2 Å². The molecule has 0 aliphatic carbocycles. The van der Waals surface area contributed by atoms with Crippen LogP contribution in [0.25, 0.3) is 0 Å². The fraction of sp³-hybridized carbons (Fsp3) is 0.385. The van der Waals surface area contributed by atoms with Gasteiger partial charge in [0.2, 0.25) is 0 Å². The monoisotopic (exact) mass is 279 g/mol. The molecule has 6 heteroatoms. The first-order valence-corrected chi connectivity index (χ1v) is 7.02. The van der Waals surface area contributed by atoms with Gasteiger partial charge in [0.25, 0.3) is 0 Å². The van der Waals surface area contributed by atoms with Gasteiger partial charge in [0.1, 0.15) is 0 Å². The van der Waals surface area contributed by atoms with Crippen molar-refractivity contribution in [3.8, 4) is 0 Å². The van der Waals surface area contributed by atoms with E-state index in [-0.39, 0.29) is 10.6 Å². The number of nitrogens with zero attached hydrogens (tertiary/aromatic N) is 2. The minimum Gasteiger partial charge on any atom is -0.326 e. The van der Waals surface area contributed by atoms with E-state index < -0.39 is 0 Å². The quantitative estimate of drug-likeness (QED) is 0.887. The van der Waals surface area contributed by atoms with Crippen LogP contribution in [0.5, 0.6) is 0 Å². The Bertz CT molecular complexity index is 652. The minimum atomic E-state index is -0.222. The van der Waals surface area contributed by atoms with Gasteiger partial charge in [0.05, 0.1) is 6.54 Å². The van der Waals surface area contributed by atoms with Crippen LogP contribution in [0.15, 0.2) is 33.9 Å². The minimum absolute atomic E-state index is 0.207. The van der Waals surface area contributed by atoms with E-state index >= 15 is 0 Å². The normalized spacial score (nSPS) is 10.8. The third-order valence-corrected chi connectivity index (χ3v) is 3.81. The van der Waals surface area contributed by atoms with Gasteiger partial charge in [0.15, 0.2) is 0 Å². The van der Waals surface area contributed by atoms with E-state index in [1.54, 1.807) is 0 Å². The lowest BCUT2D eigenvalue weighted by Gasteiger charge is -2.02. The average Bonchev–Trinajstić information content (AvgIpc) is 2.68. The van der Waals surface area contributed by atoms with E-state index in [1.165, 1.54) is 8.52 Å². The summed E-state index contributed by atoms with van der Waals surface area (Å²) in [4.78, 5) is 23.6. The molecule has 0 aliphatic rings. The van der Waals surface area contributed by atoms with E-state index in [9.17, 15) is 9.59 Å². The molecular weight excluding hydrogens is 262 g/mol. The highest BCUT2D eigenvalue weighted by Crippen LogP contribution is 2.04. The molecule has 0 bridgehead atoms. The summed E-state index contributed by atoms with van der Waals surface area (Å²) in [5, 5.41) is 0. The molecule has 1 heterocycles. The number of benzene rings is 1. The van der Waals surface area contributed by atoms with Crippen LogP contribution in [-0.4, -0.2) is 8.52 Å². The topological polar surface area (TPSA) is 70.0 Å². The zero-order valence-corrected chi connectivity index (χ0v) is 11.7. The molecule has 2 aromatic rings. The van der Waals surface area contributed by atoms with Crippen molar-refractivity contribution >= 4 is 11.5 Å². The summed E-state index contributed by atoms with van der Waals surface area (Å²) in [5.41, 5.74) is 7.27. The van der Waals surface area contributed by atoms with Crippen LogP contribution in [0.1, 0.15) is 24.5 Å². The third kappa shape index (κ3) is 3.02. The Morgan fingerprint density at radius 3 is 2.37 bits per heavy atom. The van der Waals surface area contributed by atoms with Gasteiger partial charge in [0, 0.05) is 24.6 Å². The first-order chi connectivity index (χ1) is 9.15. The molecule has 0 saturated carbocycles. The molecule has 0 atom stereocenters. The molecule has 2 rings (SSSR count). The Kier molecular flexibility index (Phi) is 4.34. The third-order valence-electron chi connectivity index (χ3n) is 2.88. The number of rotatable bonds is 5. The molecule has 0 fully saturated rings.